The molecule has 3 aromatic carbocycles. The van der Waals surface area contributed by atoms with Gasteiger partial charge in [0.2, 0.25) is 0 Å². The number of ether oxygens (including phenoxy) is 3. The van der Waals surface area contributed by atoms with Crippen LogP contribution in [0.3, 0.4) is 0 Å². The van der Waals surface area contributed by atoms with Crippen molar-refractivity contribution in [2.75, 3.05) is 13.7 Å². The molecule has 0 aliphatic heterocycles. The molecule has 0 radical (unpaired) electrons. The Balaban J connectivity index is 1.57. The fraction of sp³-hybridized carbons (Fsp3) is 0.0909. The van der Waals surface area contributed by atoms with Gasteiger partial charge in [0.05, 0.1) is 7.11 Å². The number of hydrogen-bond donors (Lipinski definition) is 0. The maximum Gasteiger partial charge on any atom is 0.349 e. The average Bonchev–Trinajstić information content (AvgIpc) is 2.73. The Morgan fingerprint density at radius 3 is 2.00 bits per heavy atom. The van der Waals surface area contributed by atoms with Crippen molar-refractivity contribution in [3.63, 3.8) is 0 Å². The van der Waals surface area contributed by atoms with Crippen LogP contribution in [0, 0.1) is 0 Å². The molecule has 0 saturated carbocycles. The van der Waals surface area contributed by atoms with Crippen molar-refractivity contribution in [2.24, 2.45) is 0 Å². The van der Waals surface area contributed by atoms with Gasteiger partial charge in [-0.1, -0.05) is 42.5 Å². The lowest BCUT2D eigenvalue weighted by Crippen LogP contribution is -2.18. The van der Waals surface area contributed by atoms with E-state index in [1.807, 2.05) is 18.2 Å². The topological polar surface area (TPSA) is 61.8 Å². The molecule has 0 heterocycles. The normalized spacial score (nSPS) is 10.1. The van der Waals surface area contributed by atoms with Crippen LogP contribution in [0.5, 0.6) is 17.2 Å². The summed E-state index contributed by atoms with van der Waals surface area (Å²) in [5, 5.41) is 0. The molecule has 0 atom stereocenters. The lowest BCUT2D eigenvalue weighted by atomic mass is 10.0. The summed E-state index contributed by atoms with van der Waals surface area (Å²) in [5.74, 6) is 0.644. The standard InChI is InChI=1S/C22H18O5/c1-25-19-9-5-6-10-20(19)27-21(23)15-26-18-13-11-17(12-14-18)22(24)16-7-3-2-4-8-16/h2-14H,15H2,1H3. The van der Waals surface area contributed by atoms with Crippen molar-refractivity contribution in [3.8, 4) is 17.2 Å². The van der Waals surface area contributed by atoms with E-state index in [0.717, 1.165) is 0 Å². The third kappa shape index (κ3) is 4.73. The zero-order valence-corrected chi connectivity index (χ0v) is 14.8. The molecule has 5 heteroatoms. The fourth-order valence-electron chi connectivity index (χ4n) is 2.46. The largest absolute Gasteiger partial charge is 0.493 e. The zero-order chi connectivity index (χ0) is 19.1. The van der Waals surface area contributed by atoms with Crippen molar-refractivity contribution >= 4 is 11.8 Å². The Hall–Kier alpha value is -3.60. The van der Waals surface area contributed by atoms with Gasteiger partial charge in [-0.15, -0.1) is 0 Å². The lowest BCUT2D eigenvalue weighted by Gasteiger charge is -2.10. The van der Waals surface area contributed by atoms with Gasteiger partial charge in [-0.25, -0.2) is 4.79 Å². The number of rotatable bonds is 7. The van der Waals surface area contributed by atoms with Gasteiger partial charge in [0, 0.05) is 11.1 Å². The Morgan fingerprint density at radius 1 is 0.741 bits per heavy atom. The lowest BCUT2D eigenvalue weighted by molar-refractivity contribution is -0.136. The first-order valence-electron chi connectivity index (χ1n) is 8.33. The number of ketones is 1. The van der Waals surface area contributed by atoms with Crippen molar-refractivity contribution in [3.05, 3.63) is 90.0 Å². The molecule has 0 amide bonds. The molecule has 3 rings (SSSR count). The predicted octanol–water partition coefficient (Wildman–Crippen LogP) is 3.91. The van der Waals surface area contributed by atoms with Crippen LogP contribution in [0.4, 0.5) is 0 Å². The van der Waals surface area contributed by atoms with Gasteiger partial charge in [-0.05, 0) is 36.4 Å². The molecule has 0 spiro atoms. The third-order valence-corrected chi connectivity index (χ3v) is 3.80. The minimum Gasteiger partial charge on any atom is -0.493 e. The minimum atomic E-state index is -0.552. The molecule has 0 bridgehead atoms. The van der Waals surface area contributed by atoms with Crippen LogP contribution in [-0.4, -0.2) is 25.5 Å². The second kappa shape index (κ2) is 8.67. The molecule has 27 heavy (non-hydrogen) atoms. The van der Waals surface area contributed by atoms with Crippen molar-refractivity contribution in [1.29, 1.82) is 0 Å². The summed E-state index contributed by atoms with van der Waals surface area (Å²) in [6.07, 6.45) is 0. The zero-order valence-electron chi connectivity index (χ0n) is 14.8. The molecule has 0 aromatic heterocycles. The molecule has 0 aliphatic rings. The van der Waals surface area contributed by atoms with E-state index in [4.69, 9.17) is 14.2 Å². The minimum absolute atomic E-state index is 0.0715. The number of esters is 1. The van der Waals surface area contributed by atoms with Gasteiger partial charge in [0.15, 0.2) is 23.9 Å². The average molecular weight is 362 g/mol. The van der Waals surface area contributed by atoms with Gasteiger partial charge in [0.25, 0.3) is 0 Å². The summed E-state index contributed by atoms with van der Waals surface area (Å²) < 4.78 is 15.8. The summed E-state index contributed by atoms with van der Waals surface area (Å²) in [5.41, 5.74) is 1.16. The monoisotopic (exact) mass is 362 g/mol. The number of hydrogen-bond acceptors (Lipinski definition) is 5. The van der Waals surface area contributed by atoms with Crippen molar-refractivity contribution in [1.82, 2.24) is 0 Å². The second-order valence-corrected chi connectivity index (χ2v) is 5.63. The Labute approximate surface area is 157 Å². The Kier molecular flexibility index (Phi) is 5.84. The molecular formula is C22H18O5. The smallest absolute Gasteiger partial charge is 0.349 e. The molecule has 3 aromatic rings. The highest BCUT2D eigenvalue weighted by Gasteiger charge is 2.11. The molecule has 136 valence electrons. The SMILES string of the molecule is COc1ccccc1OC(=O)COc1ccc(C(=O)c2ccccc2)cc1. The van der Waals surface area contributed by atoms with E-state index in [-0.39, 0.29) is 12.4 Å². The molecule has 0 fully saturated rings. The molecule has 0 unspecified atom stereocenters. The van der Waals surface area contributed by atoms with E-state index in [1.165, 1.54) is 7.11 Å². The van der Waals surface area contributed by atoms with E-state index in [0.29, 0.717) is 28.4 Å². The van der Waals surface area contributed by atoms with Crippen LogP contribution in [0.25, 0.3) is 0 Å². The highest BCUT2D eigenvalue weighted by Crippen LogP contribution is 2.26. The number of para-hydroxylation sites is 2. The first-order valence-corrected chi connectivity index (χ1v) is 8.33. The predicted molar refractivity (Wildman–Crippen MR) is 100 cm³/mol. The number of carbonyl (C=O) groups is 2. The quantitative estimate of drug-likeness (QED) is 0.362. The Morgan fingerprint density at radius 2 is 1.33 bits per heavy atom. The van der Waals surface area contributed by atoms with Gasteiger partial charge in [-0.2, -0.15) is 0 Å². The summed E-state index contributed by atoms with van der Waals surface area (Å²) in [7, 11) is 1.50. The first-order chi connectivity index (χ1) is 13.2. The number of benzene rings is 3. The third-order valence-electron chi connectivity index (χ3n) is 3.80. The number of methoxy groups -OCH3 is 1. The summed E-state index contributed by atoms with van der Waals surface area (Å²) in [6, 6.07) is 22.5. The highest BCUT2D eigenvalue weighted by molar-refractivity contribution is 6.08. The van der Waals surface area contributed by atoms with Gasteiger partial charge < -0.3 is 14.2 Å². The summed E-state index contributed by atoms with van der Waals surface area (Å²) in [4.78, 5) is 24.3. The van der Waals surface area contributed by atoms with E-state index in [2.05, 4.69) is 0 Å². The molecule has 0 aliphatic carbocycles. The van der Waals surface area contributed by atoms with Crippen LogP contribution < -0.4 is 14.2 Å². The van der Waals surface area contributed by atoms with Gasteiger partial charge >= 0.3 is 5.97 Å². The molecule has 0 N–H and O–H groups in total. The van der Waals surface area contributed by atoms with Crippen LogP contribution in [0.15, 0.2) is 78.9 Å². The van der Waals surface area contributed by atoms with Gasteiger partial charge in [0.1, 0.15) is 5.75 Å². The van der Waals surface area contributed by atoms with E-state index >= 15 is 0 Å². The van der Waals surface area contributed by atoms with Crippen molar-refractivity contribution in [2.45, 2.75) is 0 Å². The van der Waals surface area contributed by atoms with Crippen LogP contribution in [0.1, 0.15) is 15.9 Å². The molecule has 5 nitrogen and oxygen atoms in total. The van der Waals surface area contributed by atoms with E-state index in [9.17, 15) is 9.59 Å². The van der Waals surface area contributed by atoms with Gasteiger partial charge in [-0.3, -0.25) is 4.79 Å². The molecule has 0 saturated heterocycles. The fourth-order valence-corrected chi connectivity index (χ4v) is 2.46. The van der Waals surface area contributed by atoms with Crippen LogP contribution >= 0.6 is 0 Å². The van der Waals surface area contributed by atoms with Crippen LogP contribution in [-0.2, 0) is 4.79 Å². The summed E-state index contributed by atoms with van der Waals surface area (Å²) >= 11 is 0. The first kappa shape index (κ1) is 18.2. The highest BCUT2D eigenvalue weighted by atomic mass is 16.6. The maximum atomic E-state index is 12.4. The summed E-state index contributed by atoms with van der Waals surface area (Å²) in [6.45, 7) is -0.260. The second-order valence-electron chi connectivity index (χ2n) is 5.63. The maximum absolute atomic E-state index is 12.4. The molecular weight excluding hydrogens is 344 g/mol. The van der Waals surface area contributed by atoms with Crippen LogP contribution in [0.2, 0.25) is 0 Å². The van der Waals surface area contributed by atoms with E-state index in [1.54, 1.807) is 60.7 Å². The van der Waals surface area contributed by atoms with Crippen molar-refractivity contribution < 1.29 is 23.8 Å². The number of carbonyl (C=O) groups excluding carboxylic acids is 2. The Bertz CT molecular complexity index is 917. The van der Waals surface area contributed by atoms with E-state index < -0.39 is 5.97 Å².